The molecule has 1 saturated heterocycles. The molecule has 1 rings (SSSR count). The number of esters is 1. The Morgan fingerprint density at radius 2 is 1.83 bits per heavy atom. The normalized spacial score (nSPS) is 17.9. The Labute approximate surface area is 169 Å². The van der Waals surface area contributed by atoms with Crippen molar-refractivity contribution in [3.05, 3.63) is 0 Å². The number of ether oxygens (including phenoxy) is 2. The van der Waals surface area contributed by atoms with Crippen LogP contribution in [0.1, 0.15) is 41.5 Å². The van der Waals surface area contributed by atoms with Crippen LogP contribution in [0.2, 0.25) is 0 Å². The summed E-state index contributed by atoms with van der Waals surface area (Å²) in [6.07, 6.45) is -0.869. The molecule has 164 valence electrons. The van der Waals surface area contributed by atoms with Gasteiger partial charge in [0, 0.05) is 0 Å². The van der Waals surface area contributed by atoms with Crippen LogP contribution in [-0.2, 0) is 23.9 Å². The number of hydrogen-bond donors (Lipinski definition) is 2. The average molecular weight is 415 g/mol. The Morgan fingerprint density at radius 1 is 1.24 bits per heavy atom. The quantitative estimate of drug-likeness (QED) is 0.582. The van der Waals surface area contributed by atoms with Crippen molar-refractivity contribution < 1.29 is 38.6 Å². The average Bonchev–Trinajstić information content (AvgIpc) is 2.87. The number of carbonyl (C=O) groups is 5. The van der Waals surface area contributed by atoms with E-state index in [1.807, 2.05) is 0 Å². The lowest BCUT2D eigenvalue weighted by Gasteiger charge is -2.28. The molecule has 0 aliphatic carbocycles. The van der Waals surface area contributed by atoms with Crippen molar-refractivity contribution in [3.8, 4) is 0 Å². The van der Waals surface area contributed by atoms with E-state index in [1.165, 1.54) is 0 Å². The van der Waals surface area contributed by atoms with Gasteiger partial charge in [0.05, 0.1) is 13.2 Å². The van der Waals surface area contributed by atoms with E-state index >= 15 is 0 Å². The molecular weight excluding hydrogens is 386 g/mol. The number of alkyl carbamates (subject to hydrolysis) is 1. The highest BCUT2D eigenvalue weighted by molar-refractivity contribution is 6.04. The van der Waals surface area contributed by atoms with Gasteiger partial charge in [0.1, 0.15) is 18.2 Å². The zero-order valence-corrected chi connectivity index (χ0v) is 17.6. The molecule has 2 atom stereocenters. The van der Waals surface area contributed by atoms with Crippen LogP contribution in [0.5, 0.6) is 0 Å². The molecule has 4 amide bonds. The van der Waals surface area contributed by atoms with Crippen LogP contribution < -0.4 is 5.32 Å². The number of hydrogen-bond acceptors (Lipinski definition) is 7. The number of nitrogens with zero attached hydrogens (tertiary/aromatic N) is 2. The number of imide groups is 1. The summed E-state index contributed by atoms with van der Waals surface area (Å²) >= 11 is 0. The predicted octanol–water partition coefficient (Wildman–Crippen LogP) is 0.816. The molecule has 1 heterocycles. The molecule has 0 saturated carbocycles. The lowest BCUT2D eigenvalue weighted by Crippen LogP contribution is -2.56. The first-order valence-corrected chi connectivity index (χ1v) is 9.28. The molecular formula is C18H29N3O8. The minimum Gasteiger partial charge on any atom is -0.480 e. The van der Waals surface area contributed by atoms with Crippen molar-refractivity contribution >= 4 is 30.0 Å². The molecule has 2 unspecified atom stereocenters. The van der Waals surface area contributed by atoms with Gasteiger partial charge in [0.25, 0.3) is 5.91 Å². The largest absolute Gasteiger partial charge is 0.480 e. The molecule has 11 heteroatoms. The highest BCUT2D eigenvalue weighted by Crippen LogP contribution is 2.20. The van der Waals surface area contributed by atoms with Gasteiger partial charge in [0.2, 0.25) is 0 Å². The van der Waals surface area contributed by atoms with Crippen molar-refractivity contribution in [1.29, 1.82) is 0 Å². The number of carboxylic acid groups (broad SMARTS) is 1. The van der Waals surface area contributed by atoms with E-state index in [0.29, 0.717) is 4.90 Å². The fourth-order valence-electron chi connectivity index (χ4n) is 2.68. The lowest BCUT2D eigenvalue weighted by atomic mass is 10.0. The second kappa shape index (κ2) is 9.57. The summed E-state index contributed by atoms with van der Waals surface area (Å²) in [5.74, 6) is -3.48. The van der Waals surface area contributed by atoms with Gasteiger partial charge >= 0.3 is 24.1 Å². The maximum atomic E-state index is 13.0. The first-order valence-electron chi connectivity index (χ1n) is 9.28. The Bertz CT molecular complexity index is 671. The van der Waals surface area contributed by atoms with Crippen LogP contribution in [0.25, 0.3) is 0 Å². The summed E-state index contributed by atoms with van der Waals surface area (Å²) in [7, 11) is 0. The van der Waals surface area contributed by atoms with Gasteiger partial charge in [-0.15, -0.1) is 0 Å². The van der Waals surface area contributed by atoms with Gasteiger partial charge in [-0.25, -0.2) is 19.3 Å². The van der Waals surface area contributed by atoms with Gasteiger partial charge < -0.3 is 24.8 Å². The summed E-state index contributed by atoms with van der Waals surface area (Å²) in [6.45, 7) is 9.06. The SMILES string of the molecule is CCOC(=O)CN1CC(C(=O)O)N(C(=O)C(NC(=O)OC(C)(C)C)C(C)C)C1=O. The van der Waals surface area contributed by atoms with Crippen molar-refractivity contribution in [2.24, 2.45) is 5.92 Å². The molecule has 0 aromatic carbocycles. The summed E-state index contributed by atoms with van der Waals surface area (Å²) < 4.78 is 9.91. The van der Waals surface area contributed by atoms with Crippen LogP contribution >= 0.6 is 0 Å². The topological polar surface area (TPSA) is 143 Å². The van der Waals surface area contributed by atoms with Gasteiger partial charge in [-0.3, -0.25) is 9.59 Å². The highest BCUT2D eigenvalue weighted by atomic mass is 16.6. The van der Waals surface area contributed by atoms with E-state index in [0.717, 1.165) is 4.90 Å². The number of rotatable bonds is 7. The summed E-state index contributed by atoms with van der Waals surface area (Å²) in [6, 6.07) is -3.63. The van der Waals surface area contributed by atoms with Crippen LogP contribution in [0.4, 0.5) is 9.59 Å². The molecule has 1 aliphatic rings. The van der Waals surface area contributed by atoms with Crippen LogP contribution in [0.3, 0.4) is 0 Å². The lowest BCUT2D eigenvalue weighted by molar-refractivity contribution is -0.147. The van der Waals surface area contributed by atoms with Crippen LogP contribution in [0, 0.1) is 5.92 Å². The fraction of sp³-hybridized carbons (Fsp3) is 0.722. The van der Waals surface area contributed by atoms with Gasteiger partial charge in [0.15, 0.2) is 6.04 Å². The third-order valence-electron chi connectivity index (χ3n) is 3.93. The molecule has 0 spiro atoms. The number of carboxylic acids is 1. The molecule has 1 aliphatic heterocycles. The van der Waals surface area contributed by atoms with Gasteiger partial charge in [-0.05, 0) is 33.6 Å². The van der Waals surface area contributed by atoms with E-state index in [1.54, 1.807) is 41.5 Å². The summed E-state index contributed by atoms with van der Waals surface area (Å²) in [5.41, 5.74) is -0.807. The molecule has 2 N–H and O–H groups in total. The van der Waals surface area contributed by atoms with Crippen molar-refractivity contribution in [2.45, 2.75) is 59.2 Å². The van der Waals surface area contributed by atoms with E-state index in [2.05, 4.69) is 5.32 Å². The number of urea groups is 1. The Morgan fingerprint density at radius 3 is 2.28 bits per heavy atom. The van der Waals surface area contributed by atoms with Crippen molar-refractivity contribution in [2.75, 3.05) is 19.7 Å². The van der Waals surface area contributed by atoms with Gasteiger partial charge in [-0.2, -0.15) is 0 Å². The third kappa shape index (κ3) is 6.61. The smallest absolute Gasteiger partial charge is 0.408 e. The molecule has 1 fully saturated rings. The minimum atomic E-state index is -1.49. The van der Waals surface area contributed by atoms with E-state index in [9.17, 15) is 29.1 Å². The zero-order chi connectivity index (χ0) is 22.5. The predicted molar refractivity (Wildman–Crippen MR) is 99.9 cm³/mol. The Hall–Kier alpha value is -2.85. The van der Waals surface area contributed by atoms with Crippen LogP contribution in [0.15, 0.2) is 0 Å². The Balaban J connectivity index is 3.06. The first kappa shape index (κ1) is 24.2. The number of carbonyl (C=O) groups excluding carboxylic acids is 4. The second-order valence-corrected chi connectivity index (χ2v) is 7.90. The summed E-state index contributed by atoms with van der Waals surface area (Å²) in [5, 5.41) is 11.9. The highest BCUT2D eigenvalue weighted by Gasteiger charge is 2.48. The van der Waals surface area contributed by atoms with E-state index in [4.69, 9.17) is 9.47 Å². The standard InChI is InChI=1S/C18H29N3O8/c1-7-28-12(22)9-20-8-11(15(24)25)21(17(20)27)14(23)13(10(2)3)19-16(26)29-18(4,5)6/h10-11,13H,7-9H2,1-6H3,(H,19,26)(H,24,25). The van der Waals surface area contributed by atoms with Crippen LogP contribution in [-0.4, -0.2) is 82.3 Å². The molecule has 29 heavy (non-hydrogen) atoms. The molecule has 0 radical (unpaired) electrons. The maximum Gasteiger partial charge on any atom is 0.408 e. The first-order chi connectivity index (χ1) is 13.3. The Kier molecular flexibility index (Phi) is 7.98. The molecule has 0 aromatic heterocycles. The van der Waals surface area contributed by atoms with Crippen molar-refractivity contribution in [1.82, 2.24) is 15.1 Å². The molecule has 11 nitrogen and oxygen atoms in total. The van der Waals surface area contributed by atoms with Crippen molar-refractivity contribution in [3.63, 3.8) is 0 Å². The monoisotopic (exact) mass is 415 g/mol. The van der Waals surface area contributed by atoms with Gasteiger partial charge in [-0.1, -0.05) is 13.8 Å². The maximum absolute atomic E-state index is 13.0. The fourth-order valence-corrected chi connectivity index (χ4v) is 2.68. The number of aliphatic carboxylic acids is 1. The second-order valence-electron chi connectivity index (χ2n) is 7.90. The van der Waals surface area contributed by atoms with E-state index < -0.39 is 60.1 Å². The molecule has 0 bridgehead atoms. The van der Waals surface area contributed by atoms with E-state index in [-0.39, 0.29) is 13.2 Å². The molecule has 0 aromatic rings. The third-order valence-corrected chi connectivity index (χ3v) is 3.93. The number of amides is 4. The summed E-state index contributed by atoms with van der Waals surface area (Å²) in [4.78, 5) is 62.5. The number of nitrogens with one attached hydrogen (secondary N) is 1. The zero-order valence-electron chi connectivity index (χ0n) is 17.6. The minimum absolute atomic E-state index is 0.0983.